The lowest BCUT2D eigenvalue weighted by molar-refractivity contribution is -0.384. The van der Waals surface area contributed by atoms with Crippen molar-refractivity contribution in [3.8, 4) is 17.5 Å². The topological polar surface area (TPSA) is 118 Å². The number of aromatic nitrogens is 2. The third-order valence-electron chi connectivity index (χ3n) is 3.76. The van der Waals surface area contributed by atoms with Crippen LogP contribution in [0, 0.1) is 28.4 Å². The van der Waals surface area contributed by atoms with Crippen LogP contribution in [0.5, 0.6) is 0 Å². The van der Waals surface area contributed by atoms with Crippen molar-refractivity contribution in [1.82, 2.24) is 10.2 Å². The Labute approximate surface area is 166 Å². The Morgan fingerprint density at radius 2 is 2.00 bits per heavy atom. The van der Waals surface area contributed by atoms with E-state index in [-0.39, 0.29) is 5.69 Å². The molecule has 0 atom stereocenters. The molecule has 0 saturated carbocycles. The van der Waals surface area contributed by atoms with Gasteiger partial charge >= 0.3 is 0 Å². The molecule has 144 valence electrons. The summed E-state index contributed by atoms with van der Waals surface area (Å²) in [4.78, 5) is 9.89. The maximum atomic E-state index is 10.4. The summed E-state index contributed by atoms with van der Waals surface area (Å²) in [6.45, 7) is 4.94. The molecule has 0 saturated heterocycles. The number of nitro groups is 1. The molecular formula is C19H18ClN5O3. The zero-order valence-corrected chi connectivity index (χ0v) is 16.1. The van der Waals surface area contributed by atoms with Crippen LogP contribution >= 0.6 is 11.6 Å². The Hall–Kier alpha value is -3.44. The van der Waals surface area contributed by atoms with E-state index >= 15 is 0 Å². The highest BCUT2D eigenvalue weighted by molar-refractivity contribution is 6.32. The lowest BCUT2D eigenvalue weighted by Crippen LogP contribution is -2.02. The Morgan fingerprint density at radius 3 is 2.54 bits per heavy atom. The van der Waals surface area contributed by atoms with Gasteiger partial charge in [0.1, 0.15) is 6.07 Å². The average Bonchev–Trinajstić information content (AvgIpc) is 3.24. The summed E-state index contributed by atoms with van der Waals surface area (Å²) in [7, 11) is 0. The maximum absolute atomic E-state index is 10.4. The van der Waals surface area contributed by atoms with Crippen LogP contribution in [0.3, 0.4) is 0 Å². The SMILES string of the molecule is CCCNc1ccc(C#N)c(Cl)c1C.O=[N+]([O-])c1ccc(-c2nnco2)cc1. The third-order valence-corrected chi connectivity index (χ3v) is 4.24. The van der Waals surface area contributed by atoms with Crippen molar-refractivity contribution in [3.63, 3.8) is 0 Å². The van der Waals surface area contributed by atoms with Crippen LogP contribution in [-0.4, -0.2) is 21.7 Å². The summed E-state index contributed by atoms with van der Waals surface area (Å²) in [6, 6.07) is 11.6. The summed E-state index contributed by atoms with van der Waals surface area (Å²) in [5.74, 6) is 0.347. The molecule has 3 aromatic rings. The second kappa shape index (κ2) is 10.0. The number of anilines is 1. The van der Waals surface area contributed by atoms with Crippen molar-refractivity contribution in [2.75, 3.05) is 11.9 Å². The fourth-order valence-corrected chi connectivity index (χ4v) is 2.45. The van der Waals surface area contributed by atoms with Gasteiger partial charge in [-0.05, 0) is 43.2 Å². The number of halogens is 1. The van der Waals surface area contributed by atoms with Crippen molar-refractivity contribution in [3.05, 3.63) is 69.1 Å². The molecule has 0 radical (unpaired) electrons. The van der Waals surface area contributed by atoms with Gasteiger partial charge in [0.2, 0.25) is 12.3 Å². The van der Waals surface area contributed by atoms with E-state index in [9.17, 15) is 10.1 Å². The molecule has 0 aliphatic carbocycles. The Bertz CT molecular complexity index is 966. The van der Waals surface area contributed by atoms with Crippen LogP contribution in [0.1, 0.15) is 24.5 Å². The first-order chi connectivity index (χ1) is 13.5. The van der Waals surface area contributed by atoms with E-state index in [1.165, 1.54) is 18.5 Å². The minimum Gasteiger partial charge on any atom is -0.423 e. The molecule has 0 aliphatic rings. The van der Waals surface area contributed by atoms with Crippen molar-refractivity contribution in [2.24, 2.45) is 0 Å². The molecule has 8 nitrogen and oxygen atoms in total. The molecule has 0 bridgehead atoms. The van der Waals surface area contributed by atoms with E-state index in [2.05, 4.69) is 28.5 Å². The van der Waals surface area contributed by atoms with Crippen LogP contribution in [0.2, 0.25) is 5.02 Å². The number of benzene rings is 2. The van der Waals surface area contributed by atoms with Gasteiger partial charge in [0.05, 0.1) is 15.5 Å². The number of nitriles is 1. The molecule has 3 rings (SSSR count). The van der Waals surface area contributed by atoms with Crippen molar-refractivity contribution in [2.45, 2.75) is 20.3 Å². The Morgan fingerprint density at radius 1 is 1.29 bits per heavy atom. The van der Waals surface area contributed by atoms with Gasteiger partial charge < -0.3 is 9.73 Å². The van der Waals surface area contributed by atoms with E-state index in [1.807, 2.05) is 13.0 Å². The molecule has 0 fully saturated rings. The molecule has 0 aliphatic heterocycles. The first kappa shape index (κ1) is 20.9. The summed E-state index contributed by atoms with van der Waals surface area (Å²) >= 11 is 6.01. The molecule has 1 aromatic heterocycles. The van der Waals surface area contributed by atoms with Crippen molar-refractivity contribution >= 4 is 23.0 Å². The maximum Gasteiger partial charge on any atom is 0.269 e. The molecule has 0 spiro atoms. The predicted octanol–water partition coefficient (Wildman–Crippen LogP) is 4.99. The Balaban J connectivity index is 0.000000200. The van der Waals surface area contributed by atoms with Crippen LogP contribution in [-0.2, 0) is 0 Å². The second-order valence-electron chi connectivity index (χ2n) is 5.69. The van der Waals surface area contributed by atoms with Crippen molar-refractivity contribution in [1.29, 1.82) is 5.26 Å². The summed E-state index contributed by atoms with van der Waals surface area (Å²) in [5, 5.41) is 30.1. The summed E-state index contributed by atoms with van der Waals surface area (Å²) in [6.07, 6.45) is 2.27. The lowest BCUT2D eigenvalue weighted by atomic mass is 10.1. The second-order valence-corrected chi connectivity index (χ2v) is 6.06. The van der Waals surface area contributed by atoms with Gasteiger partial charge in [0.15, 0.2) is 0 Å². The van der Waals surface area contributed by atoms with Crippen LogP contribution in [0.15, 0.2) is 47.2 Å². The molecule has 28 heavy (non-hydrogen) atoms. The van der Waals surface area contributed by atoms with Gasteiger partial charge in [0.25, 0.3) is 5.69 Å². The average molecular weight is 400 g/mol. The number of rotatable bonds is 5. The van der Waals surface area contributed by atoms with Gasteiger partial charge in [-0.25, -0.2) is 0 Å². The van der Waals surface area contributed by atoms with Crippen LogP contribution in [0.4, 0.5) is 11.4 Å². The standard InChI is InChI=1S/C11H13ClN2.C8H5N3O3/c1-3-6-14-10-5-4-9(7-13)11(12)8(10)2;12-11(13)7-3-1-6(2-4-7)8-10-9-5-14-8/h4-5,14H,3,6H2,1-2H3;1-5H. The van der Waals surface area contributed by atoms with Crippen LogP contribution < -0.4 is 5.32 Å². The van der Waals surface area contributed by atoms with Crippen LogP contribution in [0.25, 0.3) is 11.5 Å². The predicted molar refractivity (Wildman–Crippen MR) is 106 cm³/mol. The van der Waals surface area contributed by atoms with Crippen molar-refractivity contribution < 1.29 is 9.34 Å². The quantitative estimate of drug-likeness (QED) is 0.474. The summed E-state index contributed by atoms with van der Waals surface area (Å²) in [5.41, 5.74) is 3.18. The number of hydrogen-bond donors (Lipinski definition) is 1. The number of nitro benzene ring substituents is 1. The number of nitrogens with zero attached hydrogens (tertiary/aromatic N) is 4. The minimum absolute atomic E-state index is 0.0354. The molecule has 9 heteroatoms. The highest BCUT2D eigenvalue weighted by Crippen LogP contribution is 2.26. The smallest absolute Gasteiger partial charge is 0.269 e. The molecule has 2 aromatic carbocycles. The fourth-order valence-electron chi connectivity index (χ4n) is 2.25. The molecule has 0 amide bonds. The van der Waals surface area contributed by atoms with E-state index in [1.54, 1.807) is 18.2 Å². The van der Waals surface area contributed by atoms with E-state index < -0.39 is 4.92 Å². The number of non-ortho nitro benzene ring substituents is 1. The molecular weight excluding hydrogens is 382 g/mol. The van der Waals surface area contributed by atoms with E-state index in [0.29, 0.717) is 22.0 Å². The van der Waals surface area contributed by atoms with Gasteiger partial charge in [-0.1, -0.05) is 18.5 Å². The van der Waals surface area contributed by atoms with Gasteiger partial charge in [-0.15, -0.1) is 10.2 Å². The largest absolute Gasteiger partial charge is 0.423 e. The summed E-state index contributed by atoms with van der Waals surface area (Å²) < 4.78 is 4.93. The van der Waals surface area contributed by atoms with E-state index in [4.69, 9.17) is 21.3 Å². The first-order valence-corrected chi connectivity index (χ1v) is 8.79. The number of hydrogen-bond acceptors (Lipinski definition) is 7. The zero-order chi connectivity index (χ0) is 20.5. The third kappa shape index (κ3) is 5.28. The highest BCUT2D eigenvalue weighted by atomic mass is 35.5. The van der Waals surface area contributed by atoms with Gasteiger partial charge in [-0.2, -0.15) is 5.26 Å². The lowest BCUT2D eigenvalue weighted by Gasteiger charge is -2.10. The number of nitrogens with one attached hydrogen (secondary N) is 1. The van der Waals surface area contributed by atoms with E-state index in [0.717, 1.165) is 24.2 Å². The van der Waals surface area contributed by atoms with Gasteiger partial charge in [0, 0.05) is 29.9 Å². The monoisotopic (exact) mass is 399 g/mol. The minimum atomic E-state index is -0.461. The molecule has 1 heterocycles. The fraction of sp³-hybridized carbons (Fsp3) is 0.211. The molecule has 1 N–H and O–H groups in total. The van der Waals surface area contributed by atoms with Gasteiger partial charge in [-0.3, -0.25) is 10.1 Å². The highest BCUT2D eigenvalue weighted by Gasteiger charge is 2.08. The normalized spacial score (nSPS) is 9.79. The first-order valence-electron chi connectivity index (χ1n) is 8.42. The Kier molecular flexibility index (Phi) is 7.48. The molecule has 0 unspecified atom stereocenters. The zero-order valence-electron chi connectivity index (χ0n) is 15.3.